The number of hydrogen-bond acceptors (Lipinski definition) is 3. The smallest absolute Gasteiger partial charge is 0.225 e. The van der Waals surface area contributed by atoms with Crippen LogP contribution in [0.2, 0.25) is 0 Å². The second-order valence-corrected chi connectivity index (χ2v) is 7.15. The predicted octanol–water partition coefficient (Wildman–Crippen LogP) is 2.64. The lowest BCUT2D eigenvalue weighted by molar-refractivity contribution is -0.127. The third kappa shape index (κ3) is 3.52. The number of carbonyl (C=O) groups is 1. The van der Waals surface area contributed by atoms with Crippen LogP contribution in [0.15, 0.2) is 24.3 Å². The summed E-state index contributed by atoms with van der Waals surface area (Å²) in [6, 6.07) is 8.07. The van der Waals surface area contributed by atoms with Gasteiger partial charge < -0.3 is 15.8 Å². The van der Waals surface area contributed by atoms with E-state index in [0.717, 1.165) is 25.0 Å². The van der Waals surface area contributed by atoms with Gasteiger partial charge in [0.15, 0.2) is 0 Å². The number of ether oxygens (including phenoxy) is 1. The Hall–Kier alpha value is -1.55. The zero-order valence-corrected chi connectivity index (χ0v) is 14.1. The molecule has 3 rings (SSSR count). The van der Waals surface area contributed by atoms with Crippen LogP contribution in [0.4, 0.5) is 0 Å². The molecular weight excluding hydrogens is 288 g/mol. The Kier molecular flexibility index (Phi) is 4.90. The summed E-state index contributed by atoms with van der Waals surface area (Å²) in [4.78, 5) is 12.5. The number of nitrogens with one attached hydrogen (secondary N) is 1. The van der Waals surface area contributed by atoms with Crippen LogP contribution < -0.4 is 15.8 Å². The molecule has 0 heterocycles. The zero-order valence-electron chi connectivity index (χ0n) is 14.1. The van der Waals surface area contributed by atoms with E-state index in [1.807, 2.05) is 31.2 Å². The van der Waals surface area contributed by atoms with Crippen molar-refractivity contribution in [1.82, 2.24) is 5.32 Å². The van der Waals surface area contributed by atoms with E-state index in [1.54, 1.807) is 0 Å². The Labute approximate surface area is 138 Å². The van der Waals surface area contributed by atoms with Crippen molar-refractivity contribution in [3.63, 3.8) is 0 Å². The molecular formula is C19H28N2O2. The maximum absolute atomic E-state index is 12.5. The van der Waals surface area contributed by atoms with Gasteiger partial charge in [-0.1, -0.05) is 19.1 Å². The maximum Gasteiger partial charge on any atom is 0.225 e. The van der Waals surface area contributed by atoms with Gasteiger partial charge in [0.25, 0.3) is 0 Å². The Morgan fingerprint density at radius 1 is 1.39 bits per heavy atom. The average Bonchev–Trinajstić information content (AvgIpc) is 3.12. The predicted molar refractivity (Wildman–Crippen MR) is 91.2 cm³/mol. The lowest BCUT2D eigenvalue weighted by Crippen LogP contribution is -2.47. The molecule has 5 unspecified atom stereocenters. The van der Waals surface area contributed by atoms with Crippen molar-refractivity contribution >= 4 is 5.91 Å². The van der Waals surface area contributed by atoms with Gasteiger partial charge in [0.2, 0.25) is 5.91 Å². The summed E-state index contributed by atoms with van der Waals surface area (Å²) in [7, 11) is 0. The molecule has 23 heavy (non-hydrogen) atoms. The van der Waals surface area contributed by atoms with Crippen LogP contribution in [0.5, 0.6) is 5.75 Å². The van der Waals surface area contributed by atoms with Crippen molar-refractivity contribution in [2.45, 2.75) is 51.7 Å². The van der Waals surface area contributed by atoms with Crippen molar-refractivity contribution in [2.24, 2.45) is 23.5 Å². The minimum atomic E-state index is -0.00411. The molecule has 0 aromatic heterocycles. The summed E-state index contributed by atoms with van der Waals surface area (Å²) in [6.45, 7) is 4.67. The first kappa shape index (κ1) is 16.3. The molecule has 1 amide bonds. The Balaban J connectivity index is 1.53. The van der Waals surface area contributed by atoms with E-state index in [-0.39, 0.29) is 24.0 Å². The summed E-state index contributed by atoms with van der Waals surface area (Å²) >= 11 is 0. The number of rotatable bonds is 6. The van der Waals surface area contributed by atoms with Gasteiger partial charge >= 0.3 is 0 Å². The monoisotopic (exact) mass is 316 g/mol. The highest BCUT2D eigenvalue weighted by Crippen LogP contribution is 2.47. The standard InChI is InChI=1S/C19H28N2O2/c1-3-15(23-16-6-4-5-12(2)9-16)11-21-19(22)17-13-7-8-14(10-13)18(17)20/h4-6,9,13-15,17-18H,3,7-8,10-11,20H2,1-2H3,(H,21,22). The van der Waals surface area contributed by atoms with Gasteiger partial charge in [-0.25, -0.2) is 0 Å². The fourth-order valence-corrected chi connectivity index (χ4v) is 4.21. The molecule has 2 aliphatic carbocycles. The fourth-order valence-electron chi connectivity index (χ4n) is 4.21. The molecule has 5 atom stereocenters. The molecule has 1 aromatic rings. The first-order chi connectivity index (χ1) is 11.1. The van der Waals surface area contributed by atoms with Crippen LogP contribution in [-0.2, 0) is 4.79 Å². The molecule has 0 saturated heterocycles. The molecule has 0 aliphatic heterocycles. The van der Waals surface area contributed by atoms with Gasteiger partial charge in [0.1, 0.15) is 11.9 Å². The van der Waals surface area contributed by atoms with Crippen molar-refractivity contribution in [3.05, 3.63) is 29.8 Å². The number of nitrogens with two attached hydrogens (primary N) is 1. The van der Waals surface area contributed by atoms with E-state index < -0.39 is 0 Å². The van der Waals surface area contributed by atoms with Crippen LogP contribution in [-0.4, -0.2) is 24.6 Å². The molecule has 0 spiro atoms. The zero-order chi connectivity index (χ0) is 16.4. The van der Waals surface area contributed by atoms with Crippen molar-refractivity contribution in [2.75, 3.05) is 6.54 Å². The third-order valence-electron chi connectivity index (χ3n) is 5.53. The van der Waals surface area contributed by atoms with Crippen LogP contribution in [0.1, 0.15) is 38.2 Å². The van der Waals surface area contributed by atoms with Crippen LogP contribution >= 0.6 is 0 Å². The van der Waals surface area contributed by atoms with Gasteiger partial charge in [0, 0.05) is 6.04 Å². The molecule has 4 heteroatoms. The number of amides is 1. The van der Waals surface area contributed by atoms with Gasteiger partial charge in [0.05, 0.1) is 12.5 Å². The summed E-state index contributed by atoms with van der Waals surface area (Å²) in [5, 5.41) is 3.08. The van der Waals surface area contributed by atoms with Gasteiger partial charge in [-0.15, -0.1) is 0 Å². The summed E-state index contributed by atoms with van der Waals surface area (Å²) in [5.74, 6) is 2.04. The molecule has 2 fully saturated rings. The largest absolute Gasteiger partial charge is 0.489 e. The maximum atomic E-state index is 12.5. The Morgan fingerprint density at radius 3 is 2.83 bits per heavy atom. The van der Waals surface area contributed by atoms with Gasteiger partial charge in [-0.05, 0) is 62.1 Å². The number of benzene rings is 1. The molecule has 2 bridgehead atoms. The number of fused-ring (bicyclic) bond motifs is 2. The van der Waals surface area contributed by atoms with E-state index in [2.05, 4.69) is 12.2 Å². The molecule has 3 N–H and O–H groups in total. The molecule has 2 aliphatic rings. The summed E-state index contributed by atoms with van der Waals surface area (Å²) in [5.41, 5.74) is 7.43. The summed E-state index contributed by atoms with van der Waals surface area (Å²) in [6.07, 6.45) is 4.35. The van der Waals surface area contributed by atoms with Crippen molar-refractivity contribution in [1.29, 1.82) is 0 Å². The van der Waals surface area contributed by atoms with E-state index in [4.69, 9.17) is 10.5 Å². The fraction of sp³-hybridized carbons (Fsp3) is 0.632. The normalized spacial score (nSPS) is 30.2. The van der Waals surface area contributed by atoms with Crippen molar-refractivity contribution < 1.29 is 9.53 Å². The average molecular weight is 316 g/mol. The van der Waals surface area contributed by atoms with Crippen LogP contribution in [0, 0.1) is 24.7 Å². The van der Waals surface area contributed by atoms with Gasteiger partial charge in [-0.2, -0.15) is 0 Å². The lowest BCUT2D eigenvalue weighted by atomic mass is 9.84. The van der Waals surface area contributed by atoms with Crippen molar-refractivity contribution in [3.8, 4) is 5.75 Å². The first-order valence-electron chi connectivity index (χ1n) is 8.85. The molecule has 1 aromatic carbocycles. The molecule has 126 valence electrons. The third-order valence-corrected chi connectivity index (χ3v) is 5.53. The van der Waals surface area contributed by atoms with Gasteiger partial charge in [-0.3, -0.25) is 4.79 Å². The lowest BCUT2D eigenvalue weighted by Gasteiger charge is -2.28. The highest BCUT2D eigenvalue weighted by Gasteiger charge is 2.48. The van der Waals surface area contributed by atoms with E-state index in [1.165, 1.54) is 12.0 Å². The molecule has 0 radical (unpaired) electrons. The number of carbonyl (C=O) groups excluding carboxylic acids is 1. The molecule has 4 nitrogen and oxygen atoms in total. The van der Waals surface area contributed by atoms with E-state index in [0.29, 0.717) is 18.4 Å². The number of aryl methyl sites for hydroxylation is 1. The minimum Gasteiger partial charge on any atom is -0.489 e. The van der Waals surface area contributed by atoms with Crippen LogP contribution in [0.3, 0.4) is 0 Å². The van der Waals surface area contributed by atoms with E-state index in [9.17, 15) is 4.79 Å². The highest BCUT2D eigenvalue weighted by molar-refractivity contribution is 5.80. The van der Waals surface area contributed by atoms with Crippen LogP contribution in [0.25, 0.3) is 0 Å². The topological polar surface area (TPSA) is 64.4 Å². The highest BCUT2D eigenvalue weighted by atomic mass is 16.5. The first-order valence-corrected chi connectivity index (χ1v) is 8.85. The molecule has 2 saturated carbocycles. The Bertz CT molecular complexity index is 558. The second kappa shape index (κ2) is 6.91. The SMILES string of the molecule is CCC(CNC(=O)C1C2CCC(C2)C1N)Oc1cccc(C)c1. The van der Waals surface area contributed by atoms with E-state index >= 15 is 0 Å². The second-order valence-electron chi connectivity index (χ2n) is 7.15. The Morgan fingerprint density at radius 2 is 2.17 bits per heavy atom. The quantitative estimate of drug-likeness (QED) is 0.848. The summed E-state index contributed by atoms with van der Waals surface area (Å²) < 4.78 is 6.00. The number of hydrogen-bond donors (Lipinski definition) is 2. The minimum absolute atomic E-state index is 0.00411.